The standard InChI is InChI=1S/C25H34N2O2/c1-28-24-13-8-20(18-25(24)29-2)19-26-14-16-27(17-15-26)23-11-9-22(10-12-23)21-6-4-3-5-7-21/h3-8,13,18,22-23H,9-12,14-17,19H2,1-2H3. The second-order valence-corrected chi connectivity index (χ2v) is 8.42. The van der Waals surface area contributed by atoms with Gasteiger partial charge in [0.2, 0.25) is 0 Å². The molecule has 4 heteroatoms. The highest BCUT2D eigenvalue weighted by atomic mass is 16.5. The molecule has 156 valence electrons. The summed E-state index contributed by atoms with van der Waals surface area (Å²) in [6, 6.07) is 18.1. The van der Waals surface area contributed by atoms with Gasteiger partial charge in [-0.05, 0) is 54.9 Å². The van der Waals surface area contributed by atoms with Crippen LogP contribution in [0, 0.1) is 0 Å². The van der Waals surface area contributed by atoms with Crippen LogP contribution in [0.4, 0.5) is 0 Å². The van der Waals surface area contributed by atoms with Gasteiger partial charge in [0.25, 0.3) is 0 Å². The van der Waals surface area contributed by atoms with E-state index in [0.29, 0.717) is 0 Å². The van der Waals surface area contributed by atoms with Crippen molar-refractivity contribution in [3.8, 4) is 11.5 Å². The van der Waals surface area contributed by atoms with Crippen LogP contribution in [-0.4, -0.2) is 56.2 Å². The lowest BCUT2D eigenvalue weighted by atomic mass is 9.81. The molecule has 0 unspecified atom stereocenters. The molecule has 0 amide bonds. The molecule has 1 aliphatic carbocycles. The number of piperazine rings is 1. The van der Waals surface area contributed by atoms with Crippen LogP contribution in [0.2, 0.25) is 0 Å². The second kappa shape index (κ2) is 9.64. The fourth-order valence-corrected chi connectivity index (χ4v) is 5.02. The molecule has 1 heterocycles. The number of benzene rings is 2. The number of nitrogens with zero attached hydrogens (tertiary/aromatic N) is 2. The van der Waals surface area contributed by atoms with E-state index < -0.39 is 0 Å². The van der Waals surface area contributed by atoms with Gasteiger partial charge in [-0.3, -0.25) is 9.80 Å². The molecule has 1 aliphatic heterocycles. The Balaban J connectivity index is 1.25. The van der Waals surface area contributed by atoms with Gasteiger partial charge >= 0.3 is 0 Å². The van der Waals surface area contributed by atoms with Crippen molar-refractivity contribution in [1.82, 2.24) is 9.80 Å². The molecule has 0 N–H and O–H groups in total. The Labute approximate surface area is 175 Å². The lowest BCUT2D eigenvalue weighted by molar-refractivity contribution is 0.0726. The SMILES string of the molecule is COc1ccc(CN2CCN(C3CCC(c4ccccc4)CC3)CC2)cc1OC. The van der Waals surface area contributed by atoms with Crippen LogP contribution in [0.3, 0.4) is 0 Å². The van der Waals surface area contributed by atoms with E-state index in [1.807, 2.05) is 6.07 Å². The van der Waals surface area contributed by atoms with Crippen LogP contribution in [0.25, 0.3) is 0 Å². The van der Waals surface area contributed by atoms with Crippen LogP contribution in [-0.2, 0) is 6.54 Å². The van der Waals surface area contributed by atoms with Gasteiger partial charge in [-0.1, -0.05) is 36.4 Å². The Hall–Kier alpha value is -2.04. The zero-order valence-corrected chi connectivity index (χ0v) is 17.8. The van der Waals surface area contributed by atoms with Crippen LogP contribution >= 0.6 is 0 Å². The number of hydrogen-bond acceptors (Lipinski definition) is 4. The van der Waals surface area contributed by atoms with Gasteiger partial charge in [-0.25, -0.2) is 0 Å². The van der Waals surface area contributed by atoms with Crippen molar-refractivity contribution in [2.75, 3.05) is 40.4 Å². The summed E-state index contributed by atoms with van der Waals surface area (Å²) in [6.45, 7) is 5.65. The molecule has 0 radical (unpaired) electrons. The second-order valence-electron chi connectivity index (χ2n) is 8.42. The van der Waals surface area contributed by atoms with E-state index in [0.717, 1.165) is 43.1 Å². The molecule has 1 saturated carbocycles. The first-order valence-electron chi connectivity index (χ1n) is 11.0. The molecule has 4 rings (SSSR count). The third kappa shape index (κ3) is 4.93. The summed E-state index contributed by atoms with van der Waals surface area (Å²) in [5.74, 6) is 2.38. The van der Waals surface area contributed by atoms with E-state index >= 15 is 0 Å². The highest BCUT2D eigenvalue weighted by Crippen LogP contribution is 2.35. The van der Waals surface area contributed by atoms with E-state index in [-0.39, 0.29) is 0 Å². The third-order valence-electron chi connectivity index (χ3n) is 6.75. The molecule has 0 aromatic heterocycles. The maximum Gasteiger partial charge on any atom is 0.161 e. The maximum atomic E-state index is 5.45. The van der Waals surface area contributed by atoms with Crippen molar-refractivity contribution in [2.45, 2.75) is 44.2 Å². The number of rotatable bonds is 6. The van der Waals surface area contributed by atoms with Crippen molar-refractivity contribution in [3.05, 3.63) is 59.7 Å². The first-order valence-corrected chi connectivity index (χ1v) is 11.0. The Morgan fingerprint density at radius 2 is 1.48 bits per heavy atom. The summed E-state index contributed by atoms with van der Waals surface area (Å²) >= 11 is 0. The van der Waals surface area contributed by atoms with E-state index in [9.17, 15) is 0 Å². The van der Waals surface area contributed by atoms with Crippen LogP contribution in [0.5, 0.6) is 11.5 Å². The monoisotopic (exact) mass is 394 g/mol. The quantitative estimate of drug-likeness (QED) is 0.718. The van der Waals surface area contributed by atoms with Gasteiger partial charge in [-0.2, -0.15) is 0 Å². The minimum absolute atomic E-state index is 0.763. The predicted molar refractivity (Wildman–Crippen MR) is 118 cm³/mol. The highest BCUT2D eigenvalue weighted by molar-refractivity contribution is 5.42. The molecule has 29 heavy (non-hydrogen) atoms. The zero-order chi connectivity index (χ0) is 20.1. The zero-order valence-electron chi connectivity index (χ0n) is 17.8. The lowest BCUT2D eigenvalue weighted by Gasteiger charge is -2.42. The van der Waals surface area contributed by atoms with Crippen molar-refractivity contribution >= 4 is 0 Å². The summed E-state index contributed by atoms with van der Waals surface area (Å²) in [7, 11) is 3.39. The number of hydrogen-bond donors (Lipinski definition) is 0. The van der Waals surface area contributed by atoms with Crippen molar-refractivity contribution in [2.24, 2.45) is 0 Å². The van der Waals surface area contributed by atoms with E-state index in [2.05, 4.69) is 52.3 Å². The Kier molecular flexibility index (Phi) is 6.73. The van der Waals surface area contributed by atoms with Gasteiger partial charge in [0.15, 0.2) is 11.5 Å². The average molecular weight is 395 g/mol. The molecular formula is C25H34N2O2. The normalized spacial score (nSPS) is 23.7. The maximum absolute atomic E-state index is 5.45. The molecule has 1 saturated heterocycles. The molecule has 2 fully saturated rings. The van der Waals surface area contributed by atoms with E-state index in [1.165, 1.54) is 49.9 Å². The van der Waals surface area contributed by atoms with Crippen LogP contribution in [0.15, 0.2) is 48.5 Å². The molecular weight excluding hydrogens is 360 g/mol. The first-order chi connectivity index (χ1) is 14.3. The van der Waals surface area contributed by atoms with E-state index in [1.54, 1.807) is 14.2 Å². The molecule has 0 bridgehead atoms. The molecule has 4 nitrogen and oxygen atoms in total. The smallest absolute Gasteiger partial charge is 0.161 e. The van der Waals surface area contributed by atoms with Crippen LogP contribution in [0.1, 0.15) is 42.7 Å². The fourth-order valence-electron chi connectivity index (χ4n) is 5.02. The lowest BCUT2D eigenvalue weighted by Crippen LogP contribution is -2.50. The minimum Gasteiger partial charge on any atom is -0.493 e. The van der Waals surface area contributed by atoms with Gasteiger partial charge < -0.3 is 9.47 Å². The van der Waals surface area contributed by atoms with Crippen LogP contribution < -0.4 is 9.47 Å². The van der Waals surface area contributed by atoms with Gasteiger partial charge in [0.1, 0.15) is 0 Å². The predicted octanol–water partition coefficient (Wildman–Crippen LogP) is 4.55. The van der Waals surface area contributed by atoms with Gasteiger partial charge in [0.05, 0.1) is 14.2 Å². The summed E-state index contributed by atoms with van der Waals surface area (Å²) in [5.41, 5.74) is 2.82. The van der Waals surface area contributed by atoms with Crippen molar-refractivity contribution in [3.63, 3.8) is 0 Å². The molecule has 0 spiro atoms. The first kappa shape index (κ1) is 20.2. The number of methoxy groups -OCH3 is 2. The van der Waals surface area contributed by atoms with Crippen molar-refractivity contribution in [1.29, 1.82) is 0 Å². The fraction of sp³-hybridized carbons (Fsp3) is 0.520. The molecule has 2 aromatic carbocycles. The van der Waals surface area contributed by atoms with Gasteiger partial charge in [-0.15, -0.1) is 0 Å². The summed E-state index contributed by atoms with van der Waals surface area (Å²) in [5, 5.41) is 0. The highest BCUT2D eigenvalue weighted by Gasteiger charge is 2.28. The topological polar surface area (TPSA) is 24.9 Å². The number of ether oxygens (including phenoxy) is 2. The molecule has 0 atom stereocenters. The van der Waals surface area contributed by atoms with E-state index in [4.69, 9.17) is 9.47 Å². The third-order valence-corrected chi connectivity index (χ3v) is 6.75. The largest absolute Gasteiger partial charge is 0.493 e. The molecule has 2 aliphatic rings. The summed E-state index contributed by atoms with van der Waals surface area (Å²) in [6.07, 6.45) is 5.35. The molecule has 2 aromatic rings. The summed E-state index contributed by atoms with van der Waals surface area (Å²) in [4.78, 5) is 5.31. The minimum atomic E-state index is 0.763. The Bertz CT molecular complexity index is 764. The summed E-state index contributed by atoms with van der Waals surface area (Å²) < 4.78 is 10.8. The van der Waals surface area contributed by atoms with Crippen molar-refractivity contribution < 1.29 is 9.47 Å². The average Bonchev–Trinajstić information content (AvgIpc) is 2.80. The van der Waals surface area contributed by atoms with Gasteiger partial charge in [0, 0.05) is 38.8 Å². The Morgan fingerprint density at radius 3 is 2.14 bits per heavy atom. The Morgan fingerprint density at radius 1 is 0.793 bits per heavy atom.